The van der Waals surface area contributed by atoms with E-state index in [-0.39, 0.29) is 11.0 Å². The van der Waals surface area contributed by atoms with Gasteiger partial charge in [0.05, 0.1) is 5.54 Å². The molecule has 6 heteroatoms. The Morgan fingerprint density at radius 3 is 1.57 bits per heavy atom. The molecule has 0 aliphatic heterocycles. The summed E-state index contributed by atoms with van der Waals surface area (Å²) in [5, 5.41) is 19.6. The van der Waals surface area contributed by atoms with Crippen LogP contribution in [-0.2, 0) is 4.79 Å². The van der Waals surface area contributed by atoms with E-state index < -0.39 is 11.6 Å². The second kappa shape index (κ2) is 6.20. The van der Waals surface area contributed by atoms with Crippen molar-refractivity contribution in [2.24, 2.45) is 0 Å². The normalized spacial score (nSPS) is 9.57. The third-order valence-electron chi connectivity index (χ3n) is 1.17. The molecule has 0 aromatic carbocycles. The number of hydrogen-bond donors (Lipinski definition) is 3. The predicted molar refractivity (Wildman–Crippen MR) is 51.1 cm³/mol. The van der Waals surface area contributed by atoms with Gasteiger partial charge in [0, 0.05) is 14.0 Å². The Morgan fingerprint density at radius 1 is 1.29 bits per heavy atom. The fraction of sp³-hybridized carbons (Fsp3) is 0.750. The van der Waals surface area contributed by atoms with Crippen molar-refractivity contribution >= 4 is 12.0 Å². The van der Waals surface area contributed by atoms with E-state index in [1.165, 1.54) is 6.92 Å². The average molecular weight is 206 g/mol. The first-order valence-corrected chi connectivity index (χ1v) is 4.03. The molecule has 0 unspecified atom stereocenters. The van der Waals surface area contributed by atoms with Gasteiger partial charge in [-0.25, -0.2) is 4.79 Å². The summed E-state index contributed by atoms with van der Waals surface area (Å²) in [5.41, 5.74) is -0.730. The van der Waals surface area contributed by atoms with Crippen molar-refractivity contribution in [2.75, 3.05) is 7.05 Å². The first kappa shape index (κ1) is 15.2. The molecule has 0 spiro atoms. The Labute approximate surface area is 83.5 Å². The summed E-state index contributed by atoms with van der Waals surface area (Å²) in [6.07, 6.45) is -1.33. The monoisotopic (exact) mass is 206 g/mol. The maximum absolute atomic E-state index is 10.0. The standard InChI is InChI=1S/C5H11NO3.C3H7NO/c1-5(2,3)6(9)4(7)8;1-3(5)4-2/h9H,1-3H3,(H,7,8);1-2H3,(H,4,5). The molecule has 3 N–H and O–H groups in total. The van der Waals surface area contributed by atoms with Crippen LogP contribution in [0.1, 0.15) is 27.7 Å². The number of hydrogen-bond acceptors (Lipinski definition) is 3. The molecule has 0 aliphatic carbocycles. The lowest BCUT2D eigenvalue weighted by atomic mass is 10.1. The maximum Gasteiger partial charge on any atom is 0.431 e. The highest BCUT2D eigenvalue weighted by Crippen LogP contribution is 2.08. The Bertz CT molecular complexity index is 198. The van der Waals surface area contributed by atoms with Crippen LogP contribution in [0.5, 0.6) is 0 Å². The third kappa shape index (κ3) is 8.79. The van der Waals surface area contributed by atoms with Crippen molar-refractivity contribution in [2.45, 2.75) is 33.2 Å². The highest BCUT2D eigenvalue weighted by Gasteiger charge is 2.23. The lowest BCUT2D eigenvalue weighted by molar-refractivity contribution is -0.123. The van der Waals surface area contributed by atoms with Gasteiger partial charge in [-0.05, 0) is 20.8 Å². The third-order valence-corrected chi connectivity index (χ3v) is 1.17. The summed E-state index contributed by atoms with van der Waals surface area (Å²) in [7, 11) is 1.60. The highest BCUT2D eigenvalue weighted by atomic mass is 16.6. The zero-order valence-corrected chi connectivity index (χ0v) is 9.16. The van der Waals surface area contributed by atoms with Crippen LogP contribution in [0.15, 0.2) is 0 Å². The van der Waals surface area contributed by atoms with Gasteiger partial charge in [0.1, 0.15) is 0 Å². The van der Waals surface area contributed by atoms with E-state index in [0.29, 0.717) is 0 Å². The predicted octanol–water partition coefficient (Wildman–Crippen LogP) is 0.906. The van der Waals surface area contributed by atoms with Gasteiger partial charge in [-0.2, -0.15) is 5.06 Å². The largest absolute Gasteiger partial charge is 0.463 e. The van der Waals surface area contributed by atoms with Gasteiger partial charge in [-0.15, -0.1) is 0 Å². The minimum absolute atomic E-state index is 0.00463. The van der Waals surface area contributed by atoms with Crippen molar-refractivity contribution in [1.82, 2.24) is 10.4 Å². The molecule has 0 saturated carbocycles. The molecule has 0 aliphatic rings. The summed E-state index contributed by atoms with van der Waals surface area (Å²) < 4.78 is 0. The molecule has 0 bridgehead atoms. The number of nitrogens with zero attached hydrogens (tertiary/aromatic N) is 1. The van der Waals surface area contributed by atoms with Crippen LogP contribution >= 0.6 is 0 Å². The Hall–Kier alpha value is -1.30. The SMILES string of the molecule is CC(C)(C)N(O)C(=O)O.CNC(C)=O. The van der Waals surface area contributed by atoms with E-state index in [0.717, 1.165) is 0 Å². The highest BCUT2D eigenvalue weighted by molar-refractivity contribution is 5.72. The summed E-state index contributed by atoms with van der Waals surface area (Å²) >= 11 is 0. The van der Waals surface area contributed by atoms with Crippen LogP contribution in [0.2, 0.25) is 0 Å². The van der Waals surface area contributed by atoms with E-state index in [1.807, 2.05) is 0 Å². The van der Waals surface area contributed by atoms with Crippen molar-refractivity contribution in [1.29, 1.82) is 0 Å². The van der Waals surface area contributed by atoms with Gasteiger partial charge < -0.3 is 10.4 Å². The second-order valence-electron chi connectivity index (χ2n) is 3.57. The van der Waals surface area contributed by atoms with Crippen LogP contribution < -0.4 is 5.32 Å². The smallest absolute Gasteiger partial charge is 0.431 e. The Kier molecular flexibility index (Phi) is 6.72. The Balaban J connectivity index is 0. The molecule has 0 fully saturated rings. The van der Waals surface area contributed by atoms with E-state index in [4.69, 9.17) is 10.3 Å². The summed E-state index contributed by atoms with van der Waals surface area (Å²) in [5.74, 6) is 0.00463. The molecule has 0 aromatic heterocycles. The molecule has 2 amide bonds. The second-order valence-corrected chi connectivity index (χ2v) is 3.57. The summed E-state index contributed by atoms with van der Waals surface area (Å²) in [6.45, 7) is 6.27. The van der Waals surface area contributed by atoms with E-state index in [9.17, 15) is 9.59 Å². The fourth-order valence-corrected chi connectivity index (χ4v) is 0.287. The lowest BCUT2D eigenvalue weighted by Crippen LogP contribution is -2.42. The Morgan fingerprint density at radius 2 is 1.57 bits per heavy atom. The summed E-state index contributed by atoms with van der Waals surface area (Å²) in [4.78, 5) is 19.7. The maximum atomic E-state index is 10.0. The van der Waals surface area contributed by atoms with E-state index >= 15 is 0 Å². The zero-order chi connectivity index (χ0) is 11.9. The molecule has 84 valence electrons. The number of carboxylic acid groups (broad SMARTS) is 1. The number of rotatable bonds is 0. The van der Waals surface area contributed by atoms with Crippen molar-refractivity contribution in [3.8, 4) is 0 Å². The average Bonchev–Trinajstić information content (AvgIpc) is 2.02. The molecule has 0 atom stereocenters. The molecular formula is C8H18N2O4. The summed E-state index contributed by atoms with van der Waals surface area (Å²) in [6, 6.07) is 0. The van der Waals surface area contributed by atoms with Gasteiger partial charge >= 0.3 is 6.09 Å². The molecule has 0 heterocycles. The minimum atomic E-state index is -1.33. The lowest BCUT2D eigenvalue weighted by Gasteiger charge is -2.25. The number of carbonyl (C=O) groups excluding carboxylic acids is 1. The van der Waals surface area contributed by atoms with Crippen LogP contribution in [0, 0.1) is 0 Å². The fourth-order valence-electron chi connectivity index (χ4n) is 0.287. The quantitative estimate of drug-likeness (QED) is 0.406. The van der Waals surface area contributed by atoms with Crippen LogP contribution in [-0.4, -0.2) is 40.0 Å². The first-order valence-electron chi connectivity index (χ1n) is 4.03. The van der Waals surface area contributed by atoms with Gasteiger partial charge in [0.25, 0.3) is 0 Å². The van der Waals surface area contributed by atoms with Crippen LogP contribution in [0.3, 0.4) is 0 Å². The van der Waals surface area contributed by atoms with Gasteiger partial charge in [-0.1, -0.05) is 0 Å². The van der Waals surface area contributed by atoms with E-state index in [1.54, 1.807) is 27.8 Å². The molecule has 14 heavy (non-hydrogen) atoms. The van der Waals surface area contributed by atoms with Crippen molar-refractivity contribution in [3.05, 3.63) is 0 Å². The first-order chi connectivity index (χ1) is 6.12. The molecule has 0 aromatic rings. The molecule has 0 rings (SSSR count). The van der Waals surface area contributed by atoms with Crippen LogP contribution in [0.4, 0.5) is 4.79 Å². The molecule has 0 saturated heterocycles. The van der Waals surface area contributed by atoms with Gasteiger partial charge in [0.2, 0.25) is 5.91 Å². The number of amides is 2. The molecular weight excluding hydrogens is 188 g/mol. The number of nitrogens with one attached hydrogen (secondary N) is 1. The molecule has 6 nitrogen and oxygen atoms in total. The minimum Gasteiger partial charge on any atom is -0.463 e. The topological polar surface area (TPSA) is 89.9 Å². The number of hydroxylamine groups is 2. The van der Waals surface area contributed by atoms with Crippen LogP contribution in [0.25, 0.3) is 0 Å². The number of carbonyl (C=O) groups is 2. The van der Waals surface area contributed by atoms with Crippen molar-refractivity contribution in [3.63, 3.8) is 0 Å². The van der Waals surface area contributed by atoms with Crippen molar-refractivity contribution < 1.29 is 19.9 Å². The molecule has 0 radical (unpaired) electrons. The zero-order valence-electron chi connectivity index (χ0n) is 9.16. The van der Waals surface area contributed by atoms with E-state index in [2.05, 4.69) is 5.32 Å². The van der Waals surface area contributed by atoms with Gasteiger partial charge in [0.15, 0.2) is 0 Å². The van der Waals surface area contributed by atoms with Gasteiger partial charge in [-0.3, -0.25) is 10.0 Å².